The number of nitriles is 1. The van der Waals surface area contributed by atoms with Crippen LogP contribution in [-0.2, 0) is 4.79 Å². The molecule has 28 heavy (non-hydrogen) atoms. The van der Waals surface area contributed by atoms with Crippen molar-refractivity contribution >= 4 is 5.91 Å². The van der Waals surface area contributed by atoms with Gasteiger partial charge in [0.25, 0.3) is 0 Å². The topological polar surface area (TPSA) is 56.6 Å². The van der Waals surface area contributed by atoms with Gasteiger partial charge in [-0.05, 0) is 24.6 Å². The number of nitrogens with zero attached hydrogens (tertiary/aromatic N) is 3. The Labute approximate surface area is 164 Å². The van der Waals surface area contributed by atoms with Gasteiger partial charge in [0.1, 0.15) is 17.6 Å². The number of hydrogen-bond acceptors (Lipinski definition) is 4. The lowest BCUT2D eigenvalue weighted by atomic mass is 10.0. The average molecular weight is 381 g/mol. The highest BCUT2D eigenvalue weighted by Gasteiger charge is 2.28. The lowest BCUT2D eigenvalue weighted by Crippen LogP contribution is -2.49. The molecule has 1 heterocycles. The van der Waals surface area contributed by atoms with Crippen LogP contribution in [0, 0.1) is 17.1 Å². The summed E-state index contributed by atoms with van der Waals surface area (Å²) < 4.78 is 19.6. The van der Waals surface area contributed by atoms with Crippen LogP contribution in [0.3, 0.4) is 0 Å². The summed E-state index contributed by atoms with van der Waals surface area (Å²) >= 11 is 0. The fraction of sp³-hybridized carbons (Fsp3) is 0.364. The molecule has 5 nitrogen and oxygen atoms in total. The quantitative estimate of drug-likeness (QED) is 0.690. The summed E-state index contributed by atoms with van der Waals surface area (Å²) in [6, 6.07) is 17.5. The smallest absolute Gasteiger partial charge is 0.222 e. The zero-order chi connectivity index (χ0) is 19.8. The van der Waals surface area contributed by atoms with E-state index in [-0.39, 0.29) is 11.7 Å². The first kappa shape index (κ1) is 19.8. The normalized spacial score (nSPS) is 15.6. The van der Waals surface area contributed by atoms with Crippen molar-refractivity contribution in [2.45, 2.75) is 18.9 Å². The molecule has 0 spiro atoms. The summed E-state index contributed by atoms with van der Waals surface area (Å²) in [7, 11) is 0. The molecular weight excluding hydrogens is 357 g/mol. The van der Waals surface area contributed by atoms with Gasteiger partial charge < -0.3 is 9.64 Å². The first-order valence-electron chi connectivity index (χ1n) is 9.53. The van der Waals surface area contributed by atoms with Crippen LogP contribution in [0.25, 0.3) is 0 Å². The third-order valence-corrected chi connectivity index (χ3v) is 4.90. The van der Waals surface area contributed by atoms with Crippen LogP contribution in [0.4, 0.5) is 4.39 Å². The number of amides is 1. The summed E-state index contributed by atoms with van der Waals surface area (Å²) in [6.45, 7) is 2.70. The van der Waals surface area contributed by atoms with Crippen LogP contribution >= 0.6 is 0 Å². The van der Waals surface area contributed by atoms with E-state index in [0.717, 1.165) is 5.75 Å². The van der Waals surface area contributed by atoms with Gasteiger partial charge in [-0.15, -0.1) is 0 Å². The second kappa shape index (κ2) is 9.86. The monoisotopic (exact) mass is 381 g/mol. The first-order chi connectivity index (χ1) is 13.7. The van der Waals surface area contributed by atoms with Gasteiger partial charge in [-0.2, -0.15) is 5.26 Å². The van der Waals surface area contributed by atoms with E-state index in [4.69, 9.17) is 4.74 Å². The third kappa shape index (κ3) is 5.08. The van der Waals surface area contributed by atoms with Gasteiger partial charge in [0.05, 0.1) is 12.7 Å². The highest BCUT2D eigenvalue weighted by atomic mass is 19.1. The Balaban J connectivity index is 1.43. The van der Waals surface area contributed by atoms with Crippen molar-refractivity contribution in [1.82, 2.24) is 9.80 Å². The number of benzene rings is 2. The van der Waals surface area contributed by atoms with Gasteiger partial charge in [0, 0.05) is 38.2 Å². The third-order valence-electron chi connectivity index (χ3n) is 4.90. The van der Waals surface area contributed by atoms with Crippen molar-refractivity contribution in [2.24, 2.45) is 0 Å². The molecule has 146 valence electrons. The fourth-order valence-electron chi connectivity index (χ4n) is 3.36. The Hall–Kier alpha value is -2.91. The Morgan fingerprint density at radius 1 is 1.07 bits per heavy atom. The van der Waals surface area contributed by atoms with Crippen LogP contribution in [0.1, 0.15) is 24.4 Å². The van der Waals surface area contributed by atoms with Gasteiger partial charge in [0.2, 0.25) is 5.91 Å². The first-order valence-corrected chi connectivity index (χ1v) is 9.53. The average Bonchev–Trinajstić information content (AvgIpc) is 2.74. The van der Waals surface area contributed by atoms with Gasteiger partial charge >= 0.3 is 0 Å². The predicted octanol–water partition coefficient (Wildman–Crippen LogP) is 3.39. The van der Waals surface area contributed by atoms with Crippen molar-refractivity contribution in [1.29, 1.82) is 5.26 Å². The molecule has 1 unspecified atom stereocenters. The van der Waals surface area contributed by atoms with Gasteiger partial charge in [-0.1, -0.05) is 36.4 Å². The summed E-state index contributed by atoms with van der Waals surface area (Å²) in [4.78, 5) is 16.2. The molecule has 0 radical (unpaired) electrons. The highest BCUT2D eigenvalue weighted by molar-refractivity contribution is 5.76. The van der Waals surface area contributed by atoms with Crippen molar-refractivity contribution < 1.29 is 13.9 Å². The number of halogens is 1. The maximum absolute atomic E-state index is 14.0. The van der Waals surface area contributed by atoms with Crippen molar-refractivity contribution in [2.75, 3.05) is 32.8 Å². The van der Waals surface area contributed by atoms with E-state index in [0.29, 0.717) is 51.2 Å². The number of carbonyl (C=O) groups excluding carboxylic acids is 1. The van der Waals surface area contributed by atoms with Crippen LogP contribution in [-0.4, -0.2) is 48.5 Å². The van der Waals surface area contributed by atoms with E-state index in [2.05, 4.69) is 6.07 Å². The van der Waals surface area contributed by atoms with Gasteiger partial charge in [-0.25, -0.2) is 4.39 Å². The lowest BCUT2D eigenvalue weighted by molar-refractivity contribution is -0.133. The molecule has 2 aromatic rings. The summed E-state index contributed by atoms with van der Waals surface area (Å²) in [5.41, 5.74) is 0.392. The number of hydrogen-bond donors (Lipinski definition) is 0. The van der Waals surface area contributed by atoms with Crippen LogP contribution in [0.2, 0.25) is 0 Å². The van der Waals surface area contributed by atoms with Crippen molar-refractivity contribution in [3.8, 4) is 11.8 Å². The molecule has 0 saturated carbocycles. The number of para-hydroxylation sites is 1. The predicted molar refractivity (Wildman–Crippen MR) is 104 cm³/mol. The molecule has 0 aromatic heterocycles. The van der Waals surface area contributed by atoms with Crippen LogP contribution in [0.5, 0.6) is 5.75 Å². The highest BCUT2D eigenvalue weighted by Crippen LogP contribution is 2.24. The molecule has 1 fully saturated rings. The SMILES string of the molecule is N#CC(c1ccccc1F)N1CCN(C(=O)CCCOc2ccccc2)CC1. The fourth-order valence-corrected chi connectivity index (χ4v) is 3.36. The summed E-state index contributed by atoms with van der Waals surface area (Å²) in [5.74, 6) is 0.529. The number of piperazine rings is 1. The zero-order valence-electron chi connectivity index (χ0n) is 15.8. The largest absolute Gasteiger partial charge is 0.494 e. The maximum Gasteiger partial charge on any atom is 0.222 e. The molecule has 2 aromatic carbocycles. The second-order valence-corrected chi connectivity index (χ2v) is 6.73. The molecule has 1 aliphatic rings. The lowest BCUT2D eigenvalue weighted by Gasteiger charge is -2.37. The van der Waals surface area contributed by atoms with E-state index < -0.39 is 6.04 Å². The molecule has 3 rings (SSSR count). The molecule has 0 N–H and O–H groups in total. The van der Waals surface area contributed by atoms with E-state index in [1.807, 2.05) is 40.1 Å². The van der Waals surface area contributed by atoms with E-state index >= 15 is 0 Å². The Bertz CT molecular complexity index is 814. The molecule has 0 bridgehead atoms. The Morgan fingerprint density at radius 3 is 2.43 bits per heavy atom. The number of carbonyl (C=O) groups is 1. The number of ether oxygens (including phenoxy) is 1. The minimum atomic E-state index is -0.627. The molecule has 1 aliphatic heterocycles. The van der Waals surface area contributed by atoms with Crippen LogP contribution in [0.15, 0.2) is 54.6 Å². The van der Waals surface area contributed by atoms with Gasteiger partial charge in [-0.3, -0.25) is 9.69 Å². The van der Waals surface area contributed by atoms with Crippen LogP contribution < -0.4 is 4.74 Å². The number of rotatable bonds is 7. The van der Waals surface area contributed by atoms with E-state index in [9.17, 15) is 14.4 Å². The Kier molecular flexibility index (Phi) is 6.99. The summed E-state index contributed by atoms with van der Waals surface area (Å²) in [6.07, 6.45) is 1.09. The van der Waals surface area contributed by atoms with E-state index in [1.54, 1.807) is 18.2 Å². The Morgan fingerprint density at radius 2 is 1.75 bits per heavy atom. The standard InChI is InChI=1S/C22H24FN3O2/c23-20-10-5-4-9-19(20)21(17-24)25-12-14-26(15-13-25)22(27)11-6-16-28-18-7-2-1-3-8-18/h1-5,7-10,21H,6,11-16H2. The second-order valence-electron chi connectivity index (χ2n) is 6.73. The molecule has 1 saturated heterocycles. The van der Waals surface area contributed by atoms with Crippen molar-refractivity contribution in [3.05, 3.63) is 66.0 Å². The minimum Gasteiger partial charge on any atom is -0.494 e. The molecule has 1 atom stereocenters. The van der Waals surface area contributed by atoms with Gasteiger partial charge in [0.15, 0.2) is 0 Å². The zero-order valence-corrected chi connectivity index (χ0v) is 15.8. The molecular formula is C22H24FN3O2. The minimum absolute atomic E-state index is 0.0933. The molecule has 6 heteroatoms. The summed E-state index contributed by atoms with van der Waals surface area (Å²) in [5, 5.41) is 9.52. The molecule has 0 aliphatic carbocycles. The maximum atomic E-state index is 14.0. The van der Waals surface area contributed by atoms with Crippen molar-refractivity contribution in [3.63, 3.8) is 0 Å². The molecule has 1 amide bonds. The van der Waals surface area contributed by atoms with E-state index in [1.165, 1.54) is 6.07 Å².